The number of rotatable bonds is 4. The van der Waals surface area contributed by atoms with Gasteiger partial charge in [0.2, 0.25) is 0 Å². The molecule has 0 amide bonds. The number of carboxylic acids is 1. The van der Waals surface area contributed by atoms with Crippen LogP contribution in [0.3, 0.4) is 0 Å². The molecule has 0 bridgehead atoms. The Balaban J connectivity index is 2.12. The van der Waals surface area contributed by atoms with Gasteiger partial charge in [-0.1, -0.05) is 0 Å². The molecule has 0 radical (unpaired) electrons. The van der Waals surface area contributed by atoms with Crippen LogP contribution in [0.4, 0.5) is 0 Å². The normalized spacial score (nSPS) is 19.9. The molecule has 5 heteroatoms. The van der Waals surface area contributed by atoms with Gasteiger partial charge in [0.25, 0.3) is 0 Å². The van der Waals surface area contributed by atoms with Crippen molar-refractivity contribution in [2.24, 2.45) is 5.92 Å². The summed E-state index contributed by atoms with van der Waals surface area (Å²) in [7, 11) is 1.67. The summed E-state index contributed by atoms with van der Waals surface area (Å²) in [5.41, 5.74) is 3.04. The van der Waals surface area contributed by atoms with Crippen molar-refractivity contribution in [1.82, 2.24) is 9.88 Å². The molecular formula is C15H22N2O3. The van der Waals surface area contributed by atoms with Crippen molar-refractivity contribution in [2.45, 2.75) is 33.2 Å². The molecule has 2 rings (SSSR count). The number of aliphatic carboxylic acids is 1. The Morgan fingerprint density at radius 1 is 1.55 bits per heavy atom. The largest absolute Gasteiger partial charge is 0.496 e. The number of aryl methyl sites for hydroxylation is 1. The number of pyridine rings is 1. The summed E-state index contributed by atoms with van der Waals surface area (Å²) in [6.45, 7) is 6.21. The Morgan fingerprint density at radius 2 is 2.30 bits per heavy atom. The second-order valence-electron chi connectivity index (χ2n) is 5.46. The molecule has 1 aromatic heterocycles. The number of hydrogen-bond acceptors (Lipinski definition) is 4. The number of piperidine rings is 1. The second kappa shape index (κ2) is 6.22. The van der Waals surface area contributed by atoms with Crippen LogP contribution in [0.5, 0.6) is 5.75 Å². The first kappa shape index (κ1) is 14.8. The van der Waals surface area contributed by atoms with Crippen LogP contribution < -0.4 is 4.74 Å². The third-order valence-electron chi connectivity index (χ3n) is 3.98. The zero-order valence-electron chi connectivity index (χ0n) is 12.3. The van der Waals surface area contributed by atoms with E-state index >= 15 is 0 Å². The molecule has 1 saturated heterocycles. The van der Waals surface area contributed by atoms with Gasteiger partial charge in [0, 0.05) is 30.4 Å². The lowest BCUT2D eigenvalue weighted by Crippen LogP contribution is -2.38. The lowest BCUT2D eigenvalue weighted by atomic mass is 9.98. The van der Waals surface area contributed by atoms with E-state index in [1.54, 1.807) is 7.11 Å². The predicted molar refractivity (Wildman–Crippen MR) is 75.9 cm³/mol. The van der Waals surface area contributed by atoms with Crippen molar-refractivity contribution in [2.75, 3.05) is 20.2 Å². The molecule has 2 heterocycles. The van der Waals surface area contributed by atoms with E-state index in [-0.39, 0.29) is 5.92 Å². The van der Waals surface area contributed by atoms with Crippen molar-refractivity contribution in [3.63, 3.8) is 0 Å². The number of carbonyl (C=O) groups is 1. The van der Waals surface area contributed by atoms with E-state index in [0.29, 0.717) is 13.1 Å². The summed E-state index contributed by atoms with van der Waals surface area (Å²) >= 11 is 0. The topological polar surface area (TPSA) is 62.7 Å². The smallest absolute Gasteiger partial charge is 0.307 e. The Morgan fingerprint density at radius 3 is 2.95 bits per heavy atom. The number of aromatic nitrogens is 1. The molecule has 5 nitrogen and oxygen atoms in total. The summed E-state index contributed by atoms with van der Waals surface area (Å²) in [5.74, 6) is -0.0703. The van der Waals surface area contributed by atoms with Crippen LogP contribution in [0.2, 0.25) is 0 Å². The molecule has 110 valence electrons. The third kappa shape index (κ3) is 3.10. The Labute approximate surface area is 119 Å². The number of carboxylic acid groups (broad SMARTS) is 1. The number of likely N-dealkylation sites (tertiary alicyclic amines) is 1. The molecule has 0 aliphatic carbocycles. The van der Waals surface area contributed by atoms with E-state index in [1.165, 1.54) is 0 Å². The standard InChI is InChI=1S/C15H22N2O3/c1-10-7-16-13(11(2)14(10)20-3)9-17-6-4-5-12(8-17)15(18)19/h7,12H,4-6,8-9H2,1-3H3,(H,18,19). The molecule has 1 aliphatic rings. The van der Waals surface area contributed by atoms with Crippen LogP contribution in [0, 0.1) is 19.8 Å². The maximum Gasteiger partial charge on any atom is 0.307 e. The molecule has 1 fully saturated rings. The fourth-order valence-corrected chi connectivity index (χ4v) is 2.84. The maximum absolute atomic E-state index is 11.1. The van der Waals surface area contributed by atoms with Gasteiger partial charge in [-0.25, -0.2) is 0 Å². The van der Waals surface area contributed by atoms with Crippen molar-refractivity contribution in [3.8, 4) is 5.75 Å². The first-order valence-electron chi connectivity index (χ1n) is 6.97. The SMILES string of the molecule is COc1c(C)cnc(CN2CCCC(C(=O)O)C2)c1C. The Bertz CT molecular complexity index is 502. The van der Waals surface area contributed by atoms with E-state index in [4.69, 9.17) is 9.84 Å². The van der Waals surface area contributed by atoms with E-state index in [9.17, 15) is 4.79 Å². The highest BCUT2D eigenvalue weighted by Crippen LogP contribution is 2.26. The van der Waals surface area contributed by atoms with Crippen LogP contribution in [0.25, 0.3) is 0 Å². The van der Waals surface area contributed by atoms with E-state index in [2.05, 4.69) is 9.88 Å². The fourth-order valence-electron chi connectivity index (χ4n) is 2.84. The number of methoxy groups -OCH3 is 1. The third-order valence-corrected chi connectivity index (χ3v) is 3.98. The number of hydrogen-bond donors (Lipinski definition) is 1. The zero-order valence-corrected chi connectivity index (χ0v) is 12.3. The first-order valence-corrected chi connectivity index (χ1v) is 6.97. The van der Waals surface area contributed by atoms with Crippen molar-refractivity contribution in [3.05, 3.63) is 23.0 Å². The Hall–Kier alpha value is -1.62. The monoisotopic (exact) mass is 278 g/mol. The zero-order chi connectivity index (χ0) is 14.7. The average molecular weight is 278 g/mol. The van der Waals surface area contributed by atoms with Gasteiger partial charge in [-0.2, -0.15) is 0 Å². The highest BCUT2D eigenvalue weighted by atomic mass is 16.5. The van der Waals surface area contributed by atoms with Gasteiger partial charge >= 0.3 is 5.97 Å². The number of nitrogens with zero attached hydrogens (tertiary/aromatic N) is 2. The van der Waals surface area contributed by atoms with Gasteiger partial charge in [-0.15, -0.1) is 0 Å². The fraction of sp³-hybridized carbons (Fsp3) is 0.600. The van der Waals surface area contributed by atoms with Crippen molar-refractivity contribution in [1.29, 1.82) is 0 Å². The minimum absolute atomic E-state index is 0.253. The lowest BCUT2D eigenvalue weighted by molar-refractivity contribution is -0.143. The molecule has 20 heavy (non-hydrogen) atoms. The summed E-state index contributed by atoms with van der Waals surface area (Å²) in [6, 6.07) is 0. The molecule has 1 aromatic rings. The maximum atomic E-state index is 11.1. The first-order chi connectivity index (χ1) is 9.52. The summed E-state index contributed by atoms with van der Waals surface area (Å²) in [6.07, 6.45) is 3.52. The average Bonchev–Trinajstić information content (AvgIpc) is 2.43. The van der Waals surface area contributed by atoms with E-state index in [1.807, 2.05) is 20.0 Å². The van der Waals surface area contributed by atoms with Crippen LogP contribution in [-0.4, -0.2) is 41.2 Å². The van der Waals surface area contributed by atoms with Crippen LogP contribution in [0.15, 0.2) is 6.20 Å². The summed E-state index contributed by atoms with van der Waals surface area (Å²) in [5, 5.41) is 9.13. The molecular weight excluding hydrogens is 256 g/mol. The highest BCUT2D eigenvalue weighted by molar-refractivity contribution is 5.70. The molecule has 1 N–H and O–H groups in total. The van der Waals surface area contributed by atoms with E-state index in [0.717, 1.165) is 42.0 Å². The van der Waals surface area contributed by atoms with Gasteiger partial charge < -0.3 is 9.84 Å². The molecule has 1 atom stereocenters. The van der Waals surface area contributed by atoms with Crippen molar-refractivity contribution >= 4 is 5.97 Å². The quantitative estimate of drug-likeness (QED) is 0.912. The summed E-state index contributed by atoms with van der Waals surface area (Å²) in [4.78, 5) is 17.8. The predicted octanol–water partition coefficient (Wildman–Crippen LogP) is 2.00. The van der Waals surface area contributed by atoms with E-state index < -0.39 is 5.97 Å². The molecule has 1 aliphatic heterocycles. The highest BCUT2D eigenvalue weighted by Gasteiger charge is 2.26. The Kier molecular flexibility index (Phi) is 4.60. The number of ether oxygens (including phenoxy) is 1. The van der Waals surface area contributed by atoms with Crippen LogP contribution in [0.1, 0.15) is 29.7 Å². The second-order valence-corrected chi connectivity index (χ2v) is 5.46. The summed E-state index contributed by atoms with van der Waals surface area (Å²) < 4.78 is 5.41. The van der Waals surface area contributed by atoms with Crippen LogP contribution in [-0.2, 0) is 11.3 Å². The minimum atomic E-state index is -0.694. The molecule has 0 saturated carbocycles. The van der Waals surface area contributed by atoms with Gasteiger partial charge in [0.1, 0.15) is 5.75 Å². The van der Waals surface area contributed by atoms with Gasteiger partial charge in [0.15, 0.2) is 0 Å². The molecule has 0 aromatic carbocycles. The van der Waals surface area contributed by atoms with Gasteiger partial charge in [-0.3, -0.25) is 14.7 Å². The van der Waals surface area contributed by atoms with Gasteiger partial charge in [0.05, 0.1) is 18.7 Å². The molecule has 1 unspecified atom stereocenters. The lowest BCUT2D eigenvalue weighted by Gasteiger charge is -2.30. The van der Waals surface area contributed by atoms with Crippen LogP contribution >= 0.6 is 0 Å². The van der Waals surface area contributed by atoms with Gasteiger partial charge in [-0.05, 0) is 33.2 Å². The minimum Gasteiger partial charge on any atom is -0.496 e. The molecule has 0 spiro atoms. The van der Waals surface area contributed by atoms with Crippen molar-refractivity contribution < 1.29 is 14.6 Å².